The van der Waals surface area contributed by atoms with Crippen molar-refractivity contribution in [3.8, 4) is 0 Å². The van der Waals surface area contributed by atoms with Gasteiger partial charge in [-0.15, -0.1) is 0 Å². The molecule has 0 saturated carbocycles. The molecule has 18 heavy (non-hydrogen) atoms. The van der Waals surface area contributed by atoms with E-state index in [4.69, 9.17) is 10.7 Å². The number of hydrogen-bond donors (Lipinski definition) is 0. The lowest BCUT2D eigenvalue weighted by atomic mass is 9.84. The van der Waals surface area contributed by atoms with Gasteiger partial charge in [-0.3, -0.25) is 0 Å². The Labute approximate surface area is 122 Å². The lowest BCUT2D eigenvalue weighted by Gasteiger charge is -2.32. The third-order valence-corrected chi connectivity index (χ3v) is 4.87. The third-order valence-electron chi connectivity index (χ3n) is 3.93. The number of allylic oxidation sites excluding steroid dienone is 1. The first-order chi connectivity index (χ1) is 8.75. The third kappa shape index (κ3) is 3.40. The lowest BCUT2D eigenvalue weighted by Crippen LogP contribution is -2.41. The average molecular weight is 318 g/mol. The Morgan fingerprint density at radius 3 is 2.22 bits per heavy atom. The van der Waals surface area contributed by atoms with Gasteiger partial charge >= 0.3 is 7.12 Å². The molecular formula is C14H26BBrO2. The second kappa shape index (κ2) is 6.10. The maximum atomic E-state index is 7.45. The normalized spacial score (nSPS) is 23.9. The van der Waals surface area contributed by atoms with Crippen LogP contribution in [-0.2, 0) is 9.31 Å². The van der Waals surface area contributed by atoms with Gasteiger partial charge in [-0.25, -0.2) is 0 Å². The summed E-state index contributed by atoms with van der Waals surface area (Å²) in [7, 11) is -0.330. The Bertz CT molecular complexity index is 326. The standard InChI is InChI=1S/C14H26BBrO2/c1-7-9-10-11(8-2)12(16)15-17-13(3,4)14(5,6)18-15/h7-10H2,1-6H3/b12-11+/i2D. The molecule has 0 aliphatic carbocycles. The van der Waals surface area contributed by atoms with E-state index >= 15 is 0 Å². The van der Waals surface area contributed by atoms with Gasteiger partial charge in [0.1, 0.15) is 0 Å². The van der Waals surface area contributed by atoms with Crippen molar-refractivity contribution in [2.75, 3.05) is 0 Å². The summed E-state index contributed by atoms with van der Waals surface area (Å²) in [5.74, 6) is 0. The van der Waals surface area contributed by atoms with Crippen LogP contribution in [0.3, 0.4) is 0 Å². The molecule has 0 atom stereocenters. The summed E-state index contributed by atoms with van der Waals surface area (Å²) in [5.41, 5.74) is 0.636. The summed E-state index contributed by atoms with van der Waals surface area (Å²) in [5, 5.41) is 0. The smallest absolute Gasteiger partial charge is 0.399 e. The zero-order valence-corrected chi connectivity index (χ0v) is 13.9. The van der Waals surface area contributed by atoms with Crippen molar-refractivity contribution >= 4 is 23.0 Å². The van der Waals surface area contributed by atoms with Gasteiger partial charge < -0.3 is 9.31 Å². The Balaban J connectivity index is 2.87. The first kappa shape index (κ1) is 14.6. The van der Waals surface area contributed by atoms with E-state index in [1.807, 2.05) is 0 Å². The Hall–Kier alpha value is 0.205. The molecule has 1 rings (SSSR count). The van der Waals surface area contributed by atoms with Crippen LogP contribution < -0.4 is 0 Å². The van der Waals surface area contributed by atoms with Gasteiger partial charge in [-0.1, -0.05) is 41.7 Å². The molecular weight excluding hydrogens is 291 g/mol. The zero-order chi connectivity index (χ0) is 14.7. The van der Waals surface area contributed by atoms with Crippen molar-refractivity contribution in [3.05, 3.63) is 9.95 Å². The first-order valence-electron chi connectivity index (χ1n) is 7.48. The summed E-state index contributed by atoms with van der Waals surface area (Å²) >= 11 is 3.65. The lowest BCUT2D eigenvalue weighted by molar-refractivity contribution is 0.00578. The van der Waals surface area contributed by atoms with Crippen LogP contribution in [0.1, 0.15) is 68.6 Å². The van der Waals surface area contributed by atoms with Crippen molar-refractivity contribution < 1.29 is 10.7 Å². The van der Waals surface area contributed by atoms with Crippen LogP contribution in [0, 0.1) is 0 Å². The van der Waals surface area contributed by atoms with Crippen molar-refractivity contribution in [3.63, 3.8) is 0 Å². The summed E-state index contributed by atoms with van der Waals surface area (Å²) in [6.07, 6.45) is 4.10. The molecule has 1 fully saturated rings. The minimum absolute atomic E-state index is 0.312. The van der Waals surface area contributed by atoms with Crippen molar-refractivity contribution in [1.82, 2.24) is 0 Å². The second-order valence-corrected chi connectivity index (χ2v) is 6.75. The molecule has 0 aromatic rings. The highest BCUT2D eigenvalue weighted by Gasteiger charge is 2.52. The maximum Gasteiger partial charge on any atom is 0.502 e. The molecule has 1 heterocycles. The summed E-state index contributed by atoms with van der Waals surface area (Å²) in [6.45, 7) is 10.8. The molecule has 0 bridgehead atoms. The highest BCUT2D eigenvalue weighted by atomic mass is 79.9. The van der Waals surface area contributed by atoms with Crippen LogP contribution in [0.4, 0.5) is 0 Å². The van der Waals surface area contributed by atoms with Gasteiger partial charge in [0.25, 0.3) is 0 Å². The monoisotopic (exact) mass is 317 g/mol. The molecule has 1 saturated heterocycles. The van der Waals surface area contributed by atoms with E-state index in [0.29, 0.717) is 6.90 Å². The molecule has 2 nitrogen and oxygen atoms in total. The first-order valence-corrected chi connectivity index (χ1v) is 7.56. The molecule has 0 aromatic heterocycles. The van der Waals surface area contributed by atoms with E-state index in [1.54, 1.807) is 0 Å². The maximum absolute atomic E-state index is 7.45. The van der Waals surface area contributed by atoms with E-state index < -0.39 is 0 Å². The van der Waals surface area contributed by atoms with Gasteiger partial charge in [0, 0.05) is 5.75 Å². The number of rotatable bonds is 5. The molecule has 0 aromatic carbocycles. The predicted molar refractivity (Wildman–Crippen MR) is 81.9 cm³/mol. The van der Waals surface area contributed by atoms with Crippen molar-refractivity contribution in [2.24, 2.45) is 0 Å². The average Bonchev–Trinajstić information content (AvgIpc) is 2.53. The van der Waals surface area contributed by atoms with Gasteiger partial charge in [-0.2, -0.15) is 0 Å². The minimum atomic E-state index is -0.330. The van der Waals surface area contributed by atoms with Gasteiger partial charge in [0.15, 0.2) is 0 Å². The topological polar surface area (TPSA) is 18.5 Å². The van der Waals surface area contributed by atoms with E-state index in [0.717, 1.165) is 30.1 Å². The van der Waals surface area contributed by atoms with Crippen LogP contribution in [0.5, 0.6) is 0 Å². The molecule has 4 heteroatoms. The van der Waals surface area contributed by atoms with E-state index in [-0.39, 0.29) is 18.3 Å². The molecule has 0 N–H and O–H groups in total. The second-order valence-electron chi connectivity index (χ2n) is 5.89. The molecule has 104 valence electrons. The number of halogens is 1. The quantitative estimate of drug-likeness (QED) is 0.674. The zero-order valence-electron chi connectivity index (χ0n) is 13.3. The highest BCUT2D eigenvalue weighted by Crippen LogP contribution is 2.40. The van der Waals surface area contributed by atoms with E-state index in [1.165, 1.54) is 5.57 Å². The van der Waals surface area contributed by atoms with E-state index in [2.05, 4.69) is 50.5 Å². The SMILES string of the molecule is [2H]CC/C(CCCC)=C(\Br)B1OC(C)(C)C(C)(C)O1. The van der Waals surface area contributed by atoms with Crippen LogP contribution >= 0.6 is 15.9 Å². The Kier molecular flexibility index (Phi) is 4.96. The molecule has 0 amide bonds. The summed E-state index contributed by atoms with van der Waals surface area (Å²) in [4.78, 5) is 0. The number of unbranched alkanes of at least 4 members (excludes halogenated alkanes) is 1. The van der Waals surface area contributed by atoms with Crippen LogP contribution in [0.25, 0.3) is 0 Å². The summed E-state index contributed by atoms with van der Waals surface area (Å²) in [6, 6.07) is 0. The van der Waals surface area contributed by atoms with E-state index in [9.17, 15) is 0 Å². The fourth-order valence-corrected chi connectivity index (χ4v) is 2.45. The molecule has 0 unspecified atom stereocenters. The predicted octanol–water partition coefficient (Wildman–Crippen LogP) is 4.87. The van der Waals surface area contributed by atoms with Gasteiger partial charge in [-0.05, 0) is 47.0 Å². The minimum Gasteiger partial charge on any atom is -0.399 e. The molecule has 1 aliphatic rings. The number of hydrogen-bond acceptors (Lipinski definition) is 2. The largest absolute Gasteiger partial charge is 0.502 e. The molecule has 1 aliphatic heterocycles. The van der Waals surface area contributed by atoms with Gasteiger partial charge in [0.2, 0.25) is 0 Å². The molecule has 0 spiro atoms. The van der Waals surface area contributed by atoms with Crippen LogP contribution in [0.2, 0.25) is 0 Å². The van der Waals surface area contributed by atoms with Crippen molar-refractivity contribution in [1.29, 1.82) is 0 Å². The fraction of sp³-hybridized carbons (Fsp3) is 0.857. The molecule has 0 radical (unpaired) electrons. The van der Waals surface area contributed by atoms with Crippen LogP contribution in [-0.4, -0.2) is 18.3 Å². The fourth-order valence-electron chi connectivity index (χ4n) is 1.87. The Morgan fingerprint density at radius 1 is 1.22 bits per heavy atom. The van der Waals surface area contributed by atoms with Crippen molar-refractivity contribution in [2.45, 2.75) is 78.4 Å². The summed E-state index contributed by atoms with van der Waals surface area (Å²) < 4.78 is 20.5. The Morgan fingerprint density at radius 2 is 1.78 bits per heavy atom. The van der Waals surface area contributed by atoms with Gasteiger partial charge in [0.05, 0.1) is 11.2 Å². The highest BCUT2D eigenvalue weighted by molar-refractivity contribution is 9.12. The van der Waals surface area contributed by atoms with Crippen LogP contribution in [0.15, 0.2) is 9.95 Å².